The third-order valence-electron chi connectivity index (χ3n) is 3.47. The highest BCUT2D eigenvalue weighted by Gasteiger charge is 2.14. The Kier molecular flexibility index (Phi) is 4.75. The average molecular weight is 250 g/mol. The summed E-state index contributed by atoms with van der Waals surface area (Å²) >= 11 is 0. The molecule has 2 heterocycles. The van der Waals surface area contributed by atoms with Gasteiger partial charge in [0.1, 0.15) is 0 Å². The molecule has 18 heavy (non-hydrogen) atoms. The van der Waals surface area contributed by atoms with Crippen molar-refractivity contribution >= 4 is 5.91 Å². The van der Waals surface area contributed by atoms with Gasteiger partial charge in [0, 0.05) is 19.7 Å². The molecule has 1 aromatic rings. The van der Waals surface area contributed by atoms with E-state index in [4.69, 9.17) is 0 Å². The number of carbonyl (C=O) groups excluding carboxylic acids is 1. The van der Waals surface area contributed by atoms with Gasteiger partial charge in [-0.1, -0.05) is 0 Å². The molecule has 1 aliphatic heterocycles. The topological polar surface area (TPSA) is 59.0 Å². The lowest BCUT2D eigenvalue weighted by Gasteiger charge is -2.22. The Morgan fingerprint density at radius 2 is 2.33 bits per heavy atom. The summed E-state index contributed by atoms with van der Waals surface area (Å²) in [5.41, 5.74) is 0.910. The molecular formula is C13H22N4O. The minimum absolute atomic E-state index is 0.138. The van der Waals surface area contributed by atoms with Crippen LogP contribution in [0.25, 0.3) is 0 Å². The summed E-state index contributed by atoms with van der Waals surface area (Å²) in [6, 6.07) is 1.92. The fourth-order valence-electron chi connectivity index (χ4n) is 2.34. The molecule has 0 unspecified atom stereocenters. The fraction of sp³-hybridized carbons (Fsp3) is 0.692. The molecule has 1 aromatic heterocycles. The Hall–Kier alpha value is -1.36. The van der Waals surface area contributed by atoms with Crippen LogP contribution in [0.3, 0.4) is 0 Å². The van der Waals surface area contributed by atoms with Crippen LogP contribution in [0.15, 0.2) is 12.3 Å². The quantitative estimate of drug-likeness (QED) is 0.813. The van der Waals surface area contributed by atoms with Gasteiger partial charge >= 0.3 is 0 Å². The van der Waals surface area contributed by atoms with Gasteiger partial charge in [-0.2, -0.15) is 5.10 Å². The molecule has 2 N–H and O–H groups in total. The monoisotopic (exact) mass is 250 g/mol. The predicted octanol–water partition coefficient (Wildman–Crippen LogP) is 0.816. The zero-order valence-electron chi connectivity index (χ0n) is 11.0. The maximum Gasteiger partial charge on any atom is 0.220 e. The van der Waals surface area contributed by atoms with Crippen molar-refractivity contribution in [2.75, 3.05) is 13.1 Å². The minimum Gasteiger partial charge on any atom is -0.350 e. The number of carbonyl (C=O) groups is 1. The standard InChI is InChI=1S/C13H22N4O/c1-17-9-6-12(16-17)10-15-13(18)3-2-11-4-7-14-8-5-11/h6,9,11,14H,2-5,7-8,10H2,1H3,(H,15,18). The van der Waals surface area contributed by atoms with Crippen molar-refractivity contribution in [2.24, 2.45) is 13.0 Å². The molecule has 2 rings (SSSR count). The summed E-state index contributed by atoms with van der Waals surface area (Å²) < 4.78 is 1.75. The third-order valence-corrected chi connectivity index (χ3v) is 3.47. The number of nitrogens with zero attached hydrogens (tertiary/aromatic N) is 2. The van der Waals surface area contributed by atoms with Crippen molar-refractivity contribution in [2.45, 2.75) is 32.2 Å². The van der Waals surface area contributed by atoms with Crippen LogP contribution in [-0.2, 0) is 18.4 Å². The Balaban J connectivity index is 1.62. The van der Waals surface area contributed by atoms with Gasteiger partial charge in [-0.25, -0.2) is 0 Å². The number of aromatic nitrogens is 2. The Morgan fingerprint density at radius 3 is 3.00 bits per heavy atom. The van der Waals surface area contributed by atoms with Crippen LogP contribution in [0, 0.1) is 5.92 Å². The van der Waals surface area contributed by atoms with Crippen LogP contribution in [0.2, 0.25) is 0 Å². The Labute approximate surface area is 108 Å². The van der Waals surface area contributed by atoms with E-state index < -0.39 is 0 Å². The molecule has 5 nitrogen and oxygen atoms in total. The molecule has 0 bridgehead atoms. The van der Waals surface area contributed by atoms with E-state index in [1.165, 1.54) is 12.8 Å². The van der Waals surface area contributed by atoms with E-state index in [1.54, 1.807) is 4.68 Å². The molecule has 0 radical (unpaired) electrons. The van der Waals surface area contributed by atoms with Gasteiger partial charge in [-0.3, -0.25) is 9.48 Å². The molecule has 0 spiro atoms. The first-order valence-electron chi connectivity index (χ1n) is 6.70. The zero-order chi connectivity index (χ0) is 12.8. The van der Waals surface area contributed by atoms with Crippen molar-refractivity contribution in [3.63, 3.8) is 0 Å². The molecule has 1 aliphatic rings. The number of hydrogen-bond donors (Lipinski definition) is 2. The largest absolute Gasteiger partial charge is 0.350 e. The highest BCUT2D eigenvalue weighted by atomic mass is 16.1. The van der Waals surface area contributed by atoms with Crippen molar-refractivity contribution in [3.8, 4) is 0 Å². The van der Waals surface area contributed by atoms with E-state index in [1.807, 2.05) is 19.3 Å². The van der Waals surface area contributed by atoms with Crippen LogP contribution >= 0.6 is 0 Å². The summed E-state index contributed by atoms with van der Waals surface area (Å²) in [6.07, 6.45) is 5.94. The van der Waals surface area contributed by atoms with Crippen LogP contribution in [0.4, 0.5) is 0 Å². The number of rotatable bonds is 5. The van der Waals surface area contributed by atoms with E-state index in [2.05, 4.69) is 15.7 Å². The van der Waals surface area contributed by atoms with Gasteiger partial charge < -0.3 is 10.6 Å². The molecule has 1 saturated heterocycles. The van der Waals surface area contributed by atoms with E-state index in [0.29, 0.717) is 18.9 Å². The molecule has 0 atom stereocenters. The smallest absolute Gasteiger partial charge is 0.220 e. The first-order valence-corrected chi connectivity index (χ1v) is 6.70. The first-order chi connectivity index (χ1) is 8.74. The van der Waals surface area contributed by atoms with Crippen LogP contribution in [0.5, 0.6) is 0 Å². The SMILES string of the molecule is Cn1ccc(CNC(=O)CCC2CCNCC2)n1. The van der Waals surface area contributed by atoms with Crippen molar-refractivity contribution < 1.29 is 4.79 Å². The maximum absolute atomic E-state index is 11.7. The zero-order valence-corrected chi connectivity index (χ0v) is 11.0. The van der Waals surface area contributed by atoms with Crippen LogP contribution < -0.4 is 10.6 Å². The van der Waals surface area contributed by atoms with Gasteiger partial charge in [0.15, 0.2) is 0 Å². The summed E-state index contributed by atoms with van der Waals surface area (Å²) in [7, 11) is 1.88. The minimum atomic E-state index is 0.138. The second-order valence-corrected chi connectivity index (χ2v) is 4.99. The highest BCUT2D eigenvalue weighted by Crippen LogP contribution is 2.17. The molecule has 1 amide bonds. The van der Waals surface area contributed by atoms with Crippen LogP contribution in [-0.4, -0.2) is 28.8 Å². The predicted molar refractivity (Wildman–Crippen MR) is 69.9 cm³/mol. The van der Waals surface area contributed by atoms with E-state index in [9.17, 15) is 4.79 Å². The number of piperidine rings is 1. The average Bonchev–Trinajstić information content (AvgIpc) is 2.81. The van der Waals surface area contributed by atoms with Gasteiger partial charge in [-0.15, -0.1) is 0 Å². The second-order valence-electron chi connectivity index (χ2n) is 4.99. The number of hydrogen-bond acceptors (Lipinski definition) is 3. The fourth-order valence-corrected chi connectivity index (χ4v) is 2.34. The van der Waals surface area contributed by atoms with Crippen molar-refractivity contribution in [1.29, 1.82) is 0 Å². The normalized spacial score (nSPS) is 16.7. The van der Waals surface area contributed by atoms with Gasteiger partial charge in [0.25, 0.3) is 0 Å². The molecule has 0 aliphatic carbocycles. The molecule has 0 aromatic carbocycles. The third kappa shape index (κ3) is 4.14. The van der Waals surface area contributed by atoms with Crippen LogP contribution in [0.1, 0.15) is 31.4 Å². The number of amides is 1. The first kappa shape index (κ1) is 13.1. The highest BCUT2D eigenvalue weighted by molar-refractivity contribution is 5.75. The van der Waals surface area contributed by atoms with E-state index in [-0.39, 0.29) is 5.91 Å². The molecular weight excluding hydrogens is 228 g/mol. The number of aryl methyl sites for hydroxylation is 1. The number of nitrogens with one attached hydrogen (secondary N) is 2. The molecule has 0 saturated carbocycles. The van der Waals surface area contributed by atoms with Gasteiger partial charge in [0.05, 0.1) is 12.2 Å². The van der Waals surface area contributed by atoms with Gasteiger partial charge in [-0.05, 0) is 44.3 Å². The van der Waals surface area contributed by atoms with Crippen molar-refractivity contribution in [1.82, 2.24) is 20.4 Å². The molecule has 1 fully saturated rings. The van der Waals surface area contributed by atoms with E-state index in [0.717, 1.165) is 25.2 Å². The second kappa shape index (κ2) is 6.54. The molecule has 100 valence electrons. The lowest BCUT2D eigenvalue weighted by atomic mass is 9.93. The van der Waals surface area contributed by atoms with Crippen molar-refractivity contribution in [3.05, 3.63) is 18.0 Å². The summed E-state index contributed by atoms with van der Waals surface area (Å²) in [5, 5.41) is 10.5. The lowest BCUT2D eigenvalue weighted by molar-refractivity contribution is -0.121. The lowest BCUT2D eigenvalue weighted by Crippen LogP contribution is -2.29. The summed E-state index contributed by atoms with van der Waals surface area (Å²) in [5.74, 6) is 0.853. The summed E-state index contributed by atoms with van der Waals surface area (Å²) in [6.45, 7) is 2.73. The Bertz CT molecular complexity index is 382. The molecule has 5 heteroatoms. The maximum atomic E-state index is 11.7. The summed E-state index contributed by atoms with van der Waals surface area (Å²) in [4.78, 5) is 11.7. The van der Waals surface area contributed by atoms with Gasteiger partial charge in [0.2, 0.25) is 5.91 Å². The van der Waals surface area contributed by atoms with E-state index >= 15 is 0 Å². The Morgan fingerprint density at radius 1 is 1.56 bits per heavy atom.